The van der Waals surface area contributed by atoms with E-state index in [4.69, 9.17) is 0 Å². The van der Waals surface area contributed by atoms with Crippen molar-refractivity contribution in [1.82, 2.24) is 4.90 Å². The van der Waals surface area contributed by atoms with Crippen LogP contribution in [0.5, 0.6) is 0 Å². The molecule has 0 amide bonds. The fourth-order valence-corrected chi connectivity index (χ4v) is 4.63. The van der Waals surface area contributed by atoms with Crippen molar-refractivity contribution < 1.29 is 9.90 Å². The zero-order chi connectivity index (χ0) is 14.0. The zero-order valence-corrected chi connectivity index (χ0v) is 12.8. The van der Waals surface area contributed by atoms with Gasteiger partial charge in [-0.1, -0.05) is 19.3 Å². The van der Waals surface area contributed by atoms with Crippen LogP contribution in [-0.4, -0.2) is 29.1 Å². The number of thiophene rings is 1. The van der Waals surface area contributed by atoms with E-state index in [0.29, 0.717) is 10.3 Å². The van der Waals surface area contributed by atoms with Gasteiger partial charge in [-0.15, -0.1) is 11.3 Å². The molecule has 20 heavy (non-hydrogen) atoms. The molecule has 110 valence electrons. The van der Waals surface area contributed by atoms with Crippen molar-refractivity contribution in [2.24, 2.45) is 5.41 Å². The van der Waals surface area contributed by atoms with Crippen LogP contribution in [0.25, 0.3) is 0 Å². The molecule has 0 radical (unpaired) electrons. The van der Waals surface area contributed by atoms with Crippen molar-refractivity contribution in [3.8, 4) is 0 Å². The minimum atomic E-state index is -0.782. The third kappa shape index (κ3) is 2.91. The van der Waals surface area contributed by atoms with Gasteiger partial charge < -0.3 is 5.11 Å². The van der Waals surface area contributed by atoms with Crippen LogP contribution in [0.2, 0.25) is 0 Å². The van der Waals surface area contributed by atoms with Gasteiger partial charge in [-0.05, 0) is 61.2 Å². The molecular weight excluding hydrogens is 270 g/mol. The number of hydrogen-bond acceptors (Lipinski definition) is 3. The molecule has 1 aliphatic carbocycles. The highest BCUT2D eigenvalue weighted by Gasteiger charge is 2.35. The van der Waals surface area contributed by atoms with Gasteiger partial charge in [-0.3, -0.25) is 4.90 Å². The number of nitrogens with zero attached hydrogens (tertiary/aromatic N) is 1. The number of likely N-dealkylation sites (tertiary alicyclic amines) is 1. The number of hydrogen-bond donors (Lipinski definition) is 1. The minimum absolute atomic E-state index is 0.517. The van der Waals surface area contributed by atoms with E-state index < -0.39 is 5.97 Å². The molecule has 1 aromatic rings. The van der Waals surface area contributed by atoms with Gasteiger partial charge in [0.2, 0.25) is 0 Å². The molecule has 1 saturated carbocycles. The number of carboxylic acid groups (broad SMARTS) is 1. The monoisotopic (exact) mass is 293 g/mol. The first-order chi connectivity index (χ1) is 9.69. The predicted molar refractivity (Wildman–Crippen MR) is 81.3 cm³/mol. The van der Waals surface area contributed by atoms with Crippen LogP contribution in [0.4, 0.5) is 0 Å². The summed E-state index contributed by atoms with van der Waals surface area (Å²) in [4.78, 5) is 14.1. The fraction of sp³-hybridized carbons (Fsp3) is 0.688. The highest BCUT2D eigenvalue weighted by Crippen LogP contribution is 2.44. The van der Waals surface area contributed by atoms with E-state index in [9.17, 15) is 9.90 Å². The summed E-state index contributed by atoms with van der Waals surface area (Å²) in [6.45, 7) is 3.07. The summed E-state index contributed by atoms with van der Waals surface area (Å²) < 4.78 is 0. The highest BCUT2D eigenvalue weighted by molar-refractivity contribution is 7.12. The molecule has 1 aromatic heterocycles. The Hall–Kier alpha value is -0.870. The topological polar surface area (TPSA) is 40.5 Å². The summed E-state index contributed by atoms with van der Waals surface area (Å²) in [6, 6.07) is 1.97. The van der Waals surface area contributed by atoms with Crippen LogP contribution in [-0.2, 0) is 6.54 Å². The summed E-state index contributed by atoms with van der Waals surface area (Å²) in [5, 5.41) is 11.1. The van der Waals surface area contributed by atoms with E-state index in [1.165, 1.54) is 56.3 Å². The second kappa shape index (κ2) is 5.86. The number of carboxylic acids is 1. The van der Waals surface area contributed by atoms with E-state index in [2.05, 4.69) is 4.90 Å². The van der Waals surface area contributed by atoms with E-state index >= 15 is 0 Å². The van der Waals surface area contributed by atoms with E-state index in [1.807, 2.05) is 11.4 Å². The Bertz CT molecular complexity index is 467. The molecule has 2 fully saturated rings. The second-order valence-corrected chi connectivity index (χ2v) is 7.33. The minimum Gasteiger partial charge on any atom is -0.477 e. The summed E-state index contributed by atoms with van der Waals surface area (Å²) in [6.07, 6.45) is 9.68. The van der Waals surface area contributed by atoms with Crippen LogP contribution in [0.1, 0.15) is 60.2 Å². The molecular formula is C16H23NO2S. The Labute approximate surface area is 124 Å². The number of carbonyl (C=O) groups is 1. The first-order valence-corrected chi connectivity index (χ1v) is 8.59. The SMILES string of the molecule is O=C(O)c1sccc1CN1CCC2(CCCCC2)CC1. The highest BCUT2D eigenvalue weighted by atomic mass is 32.1. The average molecular weight is 293 g/mol. The maximum Gasteiger partial charge on any atom is 0.346 e. The van der Waals surface area contributed by atoms with Crippen molar-refractivity contribution in [3.05, 3.63) is 21.9 Å². The number of rotatable bonds is 3. The predicted octanol–water partition coefficient (Wildman–Crippen LogP) is 3.99. The lowest BCUT2D eigenvalue weighted by Gasteiger charge is -2.44. The molecule has 0 unspecified atom stereocenters. The Morgan fingerprint density at radius 2 is 1.90 bits per heavy atom. The third-order valence-corrected chi connectivity index (χ3v) is 6.11. The largest absolute Gasteiger partial charge is 0.477 e. The van der Waals surface area contributed by atoms with Crippen molar-refractivity contribution in [1.29, 1.82) is 0 Å². The van der Waals surface area contributed by atoms with Crippen LogP contribution in [0.15, 0.2) is 11.4 Å². The lowest BCUT2D eigenvalue weighted by molar-refractivity contribution is 0.0626. The first kappa shape index (κ1) is 14.1. The van der Waals surface area contributed by atoms with Gasteiger partial charge in [0.1, 0.15) is 4.88 Å². The van der Waals surface area contributed by atoms with Crippen molar-refractivity contribution in [3.63, 3.8) is 0 Å². The fourth-order valence-electron chi connectivity index (χ4n) is 3.88. The summed E-state index contributed by atoms with van der Waals surface area (Å²) >= 11 is 1.34. The van der Waals surface area contributed by atoms with Crippen molar-refractivity contribution in [2.75, 3.05) is 13.1 Å². The molecule has 0 aromatic carbocycles. The Morgan fingerprint density at radius 1 is 1.20 bits per heavy atom. The van der Waals surface area contributed by atoms with E-state index in [-0.39, 0.29) is 0 Å². The van der Waals surface area contributed by atoms with Gasteiger partial charge in [0.25, 0.3) is 0 Å². The average Bonchev–Trinajstić information content (AvgIpc) is 2.91. The van der Waals surface area contributed by atoms with Gasteiger partial charge in [0.15, 0.2) is 0 Å². The summed E-state index contributed by atoms with van der Waals surface area (Å²) in [5.41, 5.74) is 1.61. The summed E-state index contributed by atoms with van der Waals surface area (Å²) in [5.74, 6) is -0.782. The molecule has 1 aliphatic heterocycles. The molecule has 0 atom stereocenters. The standard InChI is InChI=1S/C16H23NO2S/c18-15(19)14-13(4-11-20-14)12-17-9-7-16(8-10-17)5-2-1-3-6-16/h4,11H,1-3,5-10,12H2,(H,18,19). The third-order valence-electron chi connectivity index (χ3n) is 5.17. The van der Waals surface area contributed by atoms with Crippen LogP contribution in [0.3, 0.4) is 0 Å². The molecule has 2 heterocycles. The molecule has 3 rings (SSSR count). The van der Waals surface area contributed by atoms with Crippen LogP contribution >= 0.6 is 11.3 Å². The van der Waals surface area contributed by atoms with Crippen molar-refractivity contribution >= 4 is 17.3 Å². The first-order valence-electron chi connectivity index (χ1n) is 7.71. The normalized spacial score (nSPS) is 23.0. The van der Waals surface area contributed by atoms with E-state index in [0.717, 1.165) is 25.2 Å². The lowest BCUT2D eigenvalue weighted by atomic mass is 9.68. The molecule has 1 N–H and O–H groups in total. The number of piperidine rings is 1. The second-order valence-electron chi connectivity index (χ2n) is 6.42. The van der Waals surface area contributed by atoms with Crippen LogP contribution in [0, 0.1) is 5.41 Å². The van der Waals surface area contributed by atoms with Gasteiger partial charge in [-0.25, -0.2) is 4.79 Å². The maximum atomic E-state index is 11.2. The lowest BCUT2D eigenvalue weighted by Crippen LogP contribution is -2.40. The Morgan fingerprint density at radius 3 is 2.55 bits per heavy atom. The molecule has 2 aliphatic rings. The molecule has 0 bridgehead atoms. The van der Waals surface area contributed by atoms with Gasteiger partial charge >= 0.3 is 5.97 Å². The smallest absolute Gasteiger partial charge is 0.346 e. The van der Waals surface area contributed by atoms with Crippen molar-refractivity contribution in [2.45, 2.75) is 51.5 Å². The van der Waals surface area contributed by atoms with Gasteiger partial charge in [0.05, 0.1) is 0 Å². The van der Waals surface area contributed by atoms with Crippen LogP contribution < -0.4 is 0 Å². The maximum absolute atomic E-state index is 11.2. The molecule has 4 heteroatoms. The molecule has 1 spiro atoms. The zero-order valence-electron chi connectivity index (χ0n) is 11.9. The van der Waals surface area contributed by atoms with E-state index in [1.54, 1.807) is 0 Å². The Kier molecular flexibility index (Phi) is 4.13. The molecule has 3 nitrogen and oxygen atoms in total. The Balaban J connectivity index is 1.58. The van der Waals surface area contributed by atoms with Gasteiger partial charge in [0, 0.05) is 6.54 Å². The molecule has 1 saturated heterocycles. The summed E-state index contributed by atoms with van der Waals surface area (Å²) in [7, 11) is 0. The quantitative estimate of drug-likeness (QED) is 0.916. The number of aromatic carboxylic acids is 1. The van der Waals surface area contributed by atoms with Gasteiger partial charge in [-0.2, -0.15) is 0 Å².